The van der Waals surface area contributed by atoms with Crippen LogP contribution < -0.4 is 0 Å². The van der Waals surface area contributed by atoms with Crippen LogP contribution in [0.3, 0.4) is 0 Å². The Bertz CT molecular complexity index is 662. The monoisotopic (exact) mass is 391 g/mol. The smallest absolute Gasteiger partial charge is 0.129 e. The fourth-order valence-electron chi connectivity index (χ4n) is 1.24. The van der Waals surface area contributed by atoms with Gasteiger partial charge in [-0.1, -0.05) is 6.07 Å². The molecule has 0 aliphatic carbocycles. The average Bonchev–Trinajstić information content (AvgIpc) is 3.36. The summed E-state index contributed by atoms with van der Waals surface area (Å²) < 4.78 is 3.75. The molecule has 0 bridgehead atoms. The van der Waals surface area contributed by atoms with Crippen LogP contribution in [0.2, 0.25) is 0 Å². The minimum absolute atomic E-state index is 1.02. The Balaban J connectivity index is 0.000000167. The van der Waals surface area contributed by atoms with E-state index in [0.29, 0.717) is 0 Å². The molecule has 0 saturated carbocycles. The molecule has 0 radical (unpaired) electrons. The molecule has 25 heavy (non-hydrogen) atoms. The van der Waals surface area contributed by atoms with E-state index in [-0.39, 0.29) is 0 Å². The fraction of sp³-hybridized carbons (Fsp3) is 0.235. The molecule has 0 amide bonds. The fourth-order valence-corrected chi connectivity index (χ4v) is 2.57. The summed E-state index contributed by atoms with van der Waals surface area (Å²) >= 11 is 4.71. The lowest BCUT2D eigenvalue weighted by Crippen LogP contribution is -1.72. The Morgan fingerprint density at radius 1 is 0.800 bits per heavy atom. The number of pyridine rings is 1. The van der Waals surface area contributed by atoms with Crippen molar-refractivity contribution in [3.8, 4) is 0 Å². The highest BCUT2D eigenvalue weighted by Gasteiger charge is 1.78. The van der Waals surface area contributed by atoms with Gasteiger partial charge in [0, 0.05) is 34.5 Å². The van der Waals surface area contributed by atoms with Gasteiger partial charge in [0.25, 0.3) is 0 Å². The summed E-state index contributed by atoms with van der Waals surface area (Å²) in [6.07, 6.45) is 5.15. The standard InChI is InChI=1S/C6H7N.2C4H5NS.C3H4N2S/c1-6-4-2-3-5-7-6;1-4-2-6-3-5-4;1-4-5-2-3-6-4;1-3-4-2-5-6-3/h2-5H,1H3;2*2-3H,1H3;2H,1H3. The van der Waals surface area contributed by atoms with E-state index in [9.17, 15) is 0 Å². The largest absolute Gasteiger partial charge is 0.262 e. The number of aromatic nitrogens is 5. The molecular weight excluding hydrogens is 370 g/mol. The lowest BCUT2D eigenvalue weighted by atomic mass is 10.4. The number of aryl methyl sites for hydroxylation is 4. The molecule has 0 aliphatic heterocycles. The summed E-state index contributed by atoms with van der Waals surface area (Å²) in [6, 6.07) is 5.86. The Hall–Kier alpha value is -2.03. The van der Waals surface area contributed by atoms with Crippen LogP contribution in [0.25, 0.3) is 0 Å². The average molecular weight is 392 g/mol. The van der Waals surface area contributed by atoms with Gasteiger partial charge in [-0.3, -0.25) is 15.0 Å². The van der Waals surface area contributed by atoms with Crippen molar-refractivity contribution >= 4 is 34.2 Å². The molecule has 0 aliphatic rings. The predicted molar refractivity (Wildman–Crippen MR) is 107 cm³/mol. The second kappa shape index (κ2) is 13.3. The van der Waals surface area contributed by atoms with E-state index in [2.05, 4.69) is 24.3 Å². The molecule has 5 nitrogen and oxygen atoms in total. The number of thiazole rings is 2. The number of hydrogen-bond donors (Lipinski definition) is 0. The number of nitrogens with zero attached hydrogens (tertiary/aromatic N) is 5. The second-order valence-corrected chi connectivity index (χ2v) is 7.41. The molecule has 0 saturated heterocycles. The maximum Gasteiger partial charge on any atom is 0.129 e. The van der Waals surface area contributed by atoms with Gasteiger partial charge in [-0.05, 0) is 51.4 Å². The first-order valence-electron chi connectivity index (χ1n) is 7.39. The number of rotatable bonds is 0. The van der Waals surface area contributed by atoms with Gasteiger partial charge in [0.05, 0.1) is 10.5 Å². The van der Waals surface area contributed by atoms with E-state index in [1.165, 1.54) is 11.5 Å². The lowest BCUT2D eigenvalue weighted by Gasteiger charge is -1.82. The molecule has 0 spiro atoms. The highest BCUT2D eigenvalue weighted by molar-refractivity contribution is 7.09. The van der Waals surface area contributed by atoms with Gasteiger partial charge in [-0.2, -0.15) is 4.37 Å². The van der Waals surface area contributed by atoms with Crippen molar-refractivity contribution in [2.75, 3.05) is 0 Å². The van der Waals surface area contributed by atoms with Crippen LogP contribution in [0.15, 0.2) is 53.2 Å². The van der Waals surface area contributed by atoms with Gasteiger partial charge < -0.3 is 0 Å². The molecule has 8 heteroatoms. The van der Waals surface area contributed by atoms with E-state index in [0.717, 1.165) is 21.4 Å². The van der Waals surface area contributed by atoms with E-state index in [4.69, 9.17) is 0 Å². The third-order valence-corrected chi connectivity index (χ3v) is 4.37. The predicted octanol–water partition coefficient (Wildman–Crippen LogP) is 5.14. The summed E-state index contributed by atoms with van der Waals surface area (Å²) in [6.45, 7) is 7.87. The molecule has 4 rings (SSSR count). The highest BCUT2D eigenvalue weighted by Crippen LogP contribution is 1.98. The van der Waals surface area contributed by atoms with Crippen molar-refractivity contribution in [2.24, 2.45) is 0 Å². The van der Waals surface area contributed by atoms with Crippen LogP contribution in [-0.2, 0) is 0 Å². The Morgan fingerprint density at radius 2 is 1.64 bits per heavy atom. The molecule has 0 aromatic carbocycles. The molecule has 0 N–H and O–H groups in total. The first-order valence-corrected chi connectivity index (χ1v) is 9.99. The summed E-state index contributed by atoms with van der Waals surface area (Å²) in [7, 11) is 0. The Labute approximate surface area is 160 Å². The van der Waals surface area contributed by atoms with Gasteiger partial charge in [0.1, 0.15) is 11.3 Å². The second-order valence-electron chi connectivity index (χ2n) is 4.61. The molecular formula is C17H21N5S3. The van der Waals surface area contributed by atoms with Gasteiger partial charge in [-0.25, -0.2) is 4.98 Å². The quantitative estimate of drug-likeness (QED) is 0.415. The minimum atomic E-state index is 1.02. The molecule has 4 heterocycles. The summed E-state index contributed by atoms with van der Waals surface area (Å²) in [5.41, 5.74) is 4.01. The van der Waals surface area contributed by atoms with Crippen molar-refractivity contribution in [1.82, 2.24) is 24.3 Å². The zero-order valence-corrected chi connectivity index (χ0v) is 17.1. The Morgan fingerprint density at radius 3 is 1.84 bits per heavy atom. The molecule has 0 unspecified atom stereocenters. The van der Waals surface area contributed by atoms with Gasteiger partial charge in [0.15, 0.2) is 0 Å². The third kappa shape index (κ3) is 12.0. The molecule has 0 atom stereocenters. The molecule has 0 fully saturated rings. The van der Waals surface area contributed by atoms with E-state index in [1.807, 2.05) is 62.2 Å². The van der Waals surface area contributed by atoms with Crippen molar-refractivity contribution < 1.29 is 0 Å². The van der Waals surface area contributed by atoms with Gasteiger partial charge in [-0.15, -0.1) is 22.7 Å². The van der Waals surface area contributed by atoms with Crippen molar-refractivity contribution in [2.45, 2.75) is 27.7 Å². The first-order chi connectivity index (χ1) is 12.1. The van der Waals surface area contributed by atoms with Gasteiger partial charge in [0.2, 0.25) is 0 Å². The highest BCUT2D eigenvalue weighted by atomic mass is 32.1. The van der Waals surface area contributed by atoms with Crippen molar-refractivity contribution in [3.05, 3.63) is 74.6 Å². The van der Waals surface area contributed by atoms with Crippen molar-refractivity contribution in [1.29, 1.82) is 0 Å². The lowest BCUT2D eigenvalue weighted by molar-refractivity contribution is 1.20. The normalized spacial score (nSPS) is 8.80. The van der Waals surface area contributed by atoms with Crippen LogP contribution in [0, 0.1) is 27.7 Å². The van der Waals surface area contributed by atoms with E-state index >= 15 is 0 Å². The zero-order valence-electron chi connectivity index (χ0n) is 14.7. The van der Waals surface area contributed by atoms with Crippen LogP contribution in [0.1, 0.15) is 21.4 Å². The molecule has 4 aromatic rings. The summed E-state index contributed by atoms with van der Waals surface area (Å²) in [5, 5.41) is 6.14. The minimum Gasteiger partial charge on any atom is -0.262 e. The third-order valence-electron chi connectivity index (χ3n) is 2.40. The maximum atomic E-state index is 3.98. The van der Waals surface area contributed by atoms with Gasteiger partial charge >= 0.3 is 0 Å². The van der Waals surface area contributed by atoms with Crippen LogP contribution in [-0.4, -0.2) is 24.3 Å². The Kier molecular flexibility index (Phi) is 11.2. The SMILES string of the molecule is Cc1ccccn1.Cc1cscn1.Cc1nccs1.Cc1ncns1. The van der Waals surface area contributed by atoms with E-state index in [1.54, 1.807) is 41.4 Å². The van der Waals surface area contributed by atoms with Crippen LogP contribution in [0.5, 0.6) is 0 Å². The number of hydrogen-bond acceptors (Lipinski definition) is 8. The first kappa shape index (κ1) is 21.0. The van der Waals surface area contributed by atoms with Crippen LogP contribution >= 0.6 is 34.2 Å². The maximum absolute atomic E-state index is 3.98. The van der Waals surface area contributed by atoms with E-state index < -0.39 is 0 Å². The van der Waals surface area contributed by atoms with Crippen molar-refractivity contribution in [3.63, 3.8) is 0 Å². The molecule has 132 valence electrons. The molecule has 4 aromatic heterocycles. The summed E-state index contributed by atoms with van der Waals surface area (Å²) in [5.74, 6) is 0. The summed E-state index contributed by atoms with van der Waals surface area (Å²) in [4.78, 5) is 15.7. The topological polar surface area (TPSA) is 64.5 Å². The zero-order chi connectivity index (χ0) is 18.3. The van der Waals surface area contributed by atoms with Crippen LogP contribution in [0.4, 0.5) is 0 Å².